The summed E-state index contributed by atoms with van der Waals surface area (Å²) in [6, 6.07) is 0. The Hall–Kier alpha value is -1.45. The molecule has 0 bridgehead atoms. The number of methoxy groups -OCH3 is 1. The molecule has 1 atom stereocenters. The van der Waals surface area contributed by atoms with Gasteiger partial charge in [-0.05, 0) is 0 Å². The molecule has 8 nitrogen and oxygen atoms in total. The van der Waals surface area contributed by atoms with Crippen molar-refractivity contribution in [1.82, 2.24) is 19.5 Å². The number of aliphatic hydroxyl groups excluding tert-OH is 1. The van der Waals surface area contributed by atoms with Crippen LogP contribution in [0, 0.1) is 12.8 Å². The van der Waals surface area contributed by atoms with E-state index in [9.17, 15) is 4.79 Å². The average molecular weight is 483 g/mol. The predicted octanol–water partition coefficient (Wildman–Crippen LogP) is -0.738. The van der Waals surface area contributed by atoms with Crippen LogP contribution in [0.4, 0.5) is 5.95 Å². The third-order valence-corrected chi connectivity index (χ3v) is 3.90. The SMILES string of the molecule is C#C.COC(CO)CCn1cnc2c(=O)[nH]c([NH][Tl])nc21. The van der Waals surface area contributed by atoms with E-state index in [1.54, 1.807) is 18.0 Å². The van der Waals surface area contributed by atoms with Gasteiger partial charge < -0.3 is 0 Å². The Labute approximate surface area is 138 Å². The molecule has 0 saturated carbocycles. The zero-order chi connectivity index (χ0) is 15.8. The van der Waals surface area contributed by atoms with E-state index in [0.717, 1.165) is 0 Å². The van der Waals surface area contributed by atoms with E-state index in [-0.39, 0.29) is 18.3 Å². The Morgan fingerprint density at radius 1 is 1.62 bits per heavy atom. The molecule has 0 spiro atoms. The number of aryl methyl sites for hydroxylation is 1. The van der Waals surface area contributed by atoms with Crippen LogP contribution in [0.2, 0.25) is 0 Å². The van der Waals surface area contributed by atoms with Gasteiger partial charge in [0.25, 0.3) is 0 Å². The van der Waals surface area contributed by atoms with Gasteiger partial charge in [-0.15, -0.1) is 12.8 Å². The molecule has 0 aliphatic carbocycles. The Kier molecular flexibility index (Phi) is 7.34. The number of terminal acetylenes is 1. The molecule has 0 saturated heterocycles. The molecule has 110 valence electrons. The summed E-state index contributed by atoms with van der Waals surface area (Å²) in [5.74, 6) is 0.467. The summed E-state index contributed by atoms with van der Waals surface area (Å²) in [6.07, 6.45) is 9.98. The van der Waals surface area contributed by atoms with Crippen molar-refractivity contribution in [2.75, 3.05) is 16.8 Å². The summed E-state index contributed by atoms with van der Waals surface area (Å²) in [4.78, 5) is 22.8. The third-order valence-electron chi connectivity index (χ3n) is 2.84. The number of hydrogen-bond acceptors (Lipinski definition) is 6. The first-order chi connectivity index (χ1) is 10.2. The summed E-state index contributed by atoms with van der Waals surface area (Å²) in [7, 11) is 1.56. The van der Waals surface area contributed by atoms with Crippen molar-refractivity contribution in [3.8, 4) is 12.8 Å². The van der Waals surface area contributed by atoms with Gasteiger partial charge in [0.2, 0.25) is 0 Å². The fraction of sp³-hybridized carbons (Fsp3) is 0.417. The molecule has 3 N–H and O–H groups in total. The second-order valence-corrected chi connectivity index (χ2v) is 5.12. The number of nitrogens with zero attached hydrogens (tertiary/aromatic N) is 3. The average Bonchev–Trinajstić information content (AvgIpc) is 2.94. The zero-order valence-corrected chi connectivity index (χ0v) is 16.1. The molecule has 0 aliphatic rings. The first-order valence-electron chi connectivity index (χ1n) is 6.08. The van der Waals surface area contributed by atoms with E-state index in [2.05, 4.69) is 30.9 Å². The van der Waals surface area contributed by atoms with Gasteiger partial charge in [-0.2, -0.15) is 0 Å². The first-order valence-corrected chi connectivity index (χ1v) is 8.32. The van der Waals surface area contributed by atoms with Crippen LogP contribution < -0.4 is 8.69 Å². The van der Waals surface area contributed by atoms with Crippen molar-refractivity contribution < 1.29 is 9.84 Å². The summed E-state index contributed by atoms with van der Waals surface area (Å²) in [6.45, 7) is 0.542. The maximum absolute atomic E-state index is 11.8. The number of aromatic amines is 1. The van der Waals surface area contributed by atoms with Gasteiger partial charge in [-0.1, -0.05) is 0 Å². The van der Waals surface area contributed by atoms with Gasteiger partial charge in [0.05, 0.1) is 0 Å². The standard InChI is InChI=1S/C10H15N5O3.C2H2.Tl/c1-18-6(4-16)2-3-15-5-12-7-8(15)13-10(11)14-9(7)17;1-2;/h5-6,16H,2-4H2,1H3,(H3,11,13,14,17);1-2H;/q;;+1/p-1. The van der Waals surface area contributed by atoms with Crippen LogP contribution >= 0.6 is 0 Å². The number of rotatable bonds is 6. The number of nitrogens with one attached hydrogen (secondary N) is 2. The quantitative estimate of drug-likeness (QED) is 0.370. The molecule has 0 amide bonds. The van der Waals surface area contributed by atoms with Crippen LogP contribution in [0.3, 0.4) is 0 Å². The Morgan fingerprint density at radius 2 is 2.33 bits per heavy atom. The Morgan fingerprint density at radius 3 is 2.90 bits per heavy atom. The van der Waals surface area contributed by atoms with Crippen LogP contribution in [-0.4, -0.2) is 70.5 Å². The van der Waals surface area contributed by atoms with Gasteiger partial charge >= 0.3 is 125 Å². The Bertz CT molecular complexity index is 647. The molecule has 0 fully saturated rings. The van der Waals surface area contributed by atoms with Crippen LogP contribution in [-0.2, 0) is 11.3 Å². The fourth-order valence-corrected chi connectivity index (χ4v) is 2.28. The van der Waals surface area contributed by atoms with Gasteiger partial charge in [-0.25, -0.2) is 0 Å². The van der Waals surface area contributed by atoms with Gasteiger partial charge in [0.15, 0.2) is 0 Å². The molecule has 2 heterocycles. The monoisotopic (exact) mass is 483 g/mol. The van der Waals surface area contributed by atoms with E-state index in [1.807, 2.05) is 0 Å². The second-order valence-electron chi connectivity index (χ2n) is 4.00. The number of fused-ring (bicyclic) bond motifs is 1. The number of imidazole rings is 1. The van der Waals surface area contributed by atoms with E-state index in [1.165, 1.54) is 0 Å². The molecular weight excluding hydrogens is 467 g/mol. The Balaban J connectivity index is 0.00000106. The molecule has 1 unspecified atom stereocenters. The normalized spacial score (nSPS) is 11.6. The van der Waals surface area contributed by atoms with Gasteiger partial charge in [0.1, 0.15) is 0 Å². The number of aromatic nitrogens is 4. The molecular formula is C12H16N5O3Tl. The number of anilines is 1. The zero-order valence-electron chi connectivity index (χ0n) is 11.6. The summed E-state index contributed by atoms with van der Waals surface area (Å²) in [5.41, 5.74) is 0.610. The van der Waals surface area contributed by atoms with Gasteiger partial charge in [-0.3, -0.25) is 0 Å². The van der Waals surface area contributed by atoms with E-state index < -0.39 is 0 Å². The van der Waals surface area contributed by atoms with Crippen LogP contribution in [0.25, 0.3) is 11.2 Å². The molecule has 2 aromatic rings. The van der Waals surface area contributed by atoms with Crippen LogP contribution in [0.5, 0.6) is 0 Å². The van der Waals surface area contributed by atoms with Crippen LogP contribution in [0.1, 0.15) is 6.42 Å². The van der Waals surface area contributed by atoms with Crippen molar-refractivity contribution in [1.29, 1.82) is 0 Å². The number of hydrogen-bond donors (Lipinski definition) is 3. The summed E-state index contributed by atoms with van der Waals surface area (Å²) in [5, 5.41) is 9.07. The molecule has 0 radical (unpaired) electrons. The van der Waals surface area contributed by atoms with Crippen molar-refractivity contribution in [2.24, 2.45) is 0 Å². The van der Waals surface area contributed by atoms with Gasteiger partial charge in [0, 0.05) is 0 Å². The minimum atomic E-state index is -0.252. The summed E-state index contributed by atoms with van der Waals surface area (Å²) < 4.78 is 9.85. The van der Waals surface area contributed by atoms with E-state index >= 15 is 0 Å². The second kappa shape index (κ2) is 8.75. The van der Waals surface area contributed by atoms with E-state index in [4.69, 9.17) is 9.84 Å². The molecule has 2 rings (SSSR count). The maximum atomic E-state index is 11.8. The minimum absolute atomic E-state index is 0.0361. The molecule has 0 aliphatic heterocycles. The fourth-order valence-electron chi connectivity index (χ4n) is 1.75. The topological polar surface area (TPSA) is 105 Å². The molecule has 2 aromatic heterocycles. The molecule has 9 heteroatoms. The van der Waals surface area contributed by atoms with Crippen molar-refractivity contribution >= 4 is 43.2 Å². The summed E-state index contributed by atoms with van der Waals surface area (Å²) >= 11 is 0.495. The number of H-pyrrole nitrogens is 1. The predicted molar refractivity (Wildman–Crippen MR) is 79.9 cm³/mol. The molecule has 21 heavy (non-hydrogen) atoms. The number of aliphatic hydroxyl groups is 1. The number of ether oxygens (including phenoxy) is 1. The first kappa shape index (κ1) is 17.6. The third kappa shape index (κ3) is 4.26. The van der Waals surface area contributed by atoms with Crippen LogP contribution in [0.15, 0.2) is 11.1 Å². The van der Waals surface area contributed by atoms with Crippen molar-refractivity contribution in [3.05, 3.63) is 16.7 Å². The van der Waals surface area contributed by atoms with E-state index in [0.29, 0.717) is 56.1 Å². The van der Waals surface area contributed by atoms with Crippen molar-refractivity contribution in [2.45, 2.75) is 19.1 Å². The van der Waals surface area contributed by atoms with Crippen molar-refractivity contribution in [3.63, 3.8) is 0 Å². The molecule has 0 aromatic carbocycles.